The quantitative estimate of drug-likeness (QED) is 0.407. The first-order valence-corrected chi connectivity index (χ1v) is 12.3. The number of benzene rings is 2. The highest BCUT2D eigenvalue weighted by molar-refractivity contribution is 5.90. The van der Waals surface area contributed by atoms with E-state index in [1.54, 1.807) is 19.2 Å². The number of carbonyl (C=O) groups is 2. The molecule has 0 saturated heterocycles. The third-order valence-corrected chi connectivity index (χ3v) is 6.68. The lowest BCUT2D eigenvalue weighted by molar-refractivity contribution is -0.130. The average molecular weight is 469 g/mol. The lowest BCUT2D eigenvalue weighted by Crippen LogP contribution is -2.53. The van der Waals surface area contributed by atoms with Gasteiger partial charge in [-0.2, -0.15) is 0 Å². The zero-order chi connectivity index (χ0) is 24.3. The van der Waals surface area contributed by atoms with Gasteiger partial charge in [0.1, 0.15) is 11.9 Å². The van der Waals surface area contributed by atoms with Gasteiger partial charge in [-0.3, -0.25) is 9.59 Å². The first-order valence-electron chi connectivity index (χ1n) is 12.3. The van der Waals surface area contributed by atoms with Crippen LogP contribution in [0.1, 0.15) is 55.2 Å². The zero-order valence-electron chi connectivity index (χ0n) is 20.0. The summed E-state index contributed by atoms with van der Waals surface area (Å²) in [5, 5.41) is 8.96. The third-order valence-electron chi connectivity index (χ3n) is 6.68. The fraction of sp³-hybridized carbons (Fsp3) is 0.481. The van der Waals surface area contributed by atoms with Crippen molar-refractivity contribution in [3.63, 3.8) is 0 Å². The summed E-state index contributed by atoms with van der Waals surface area (Å²) < 4.78 is 14.1. The fourth-order valence-electron chi connectivity index (χ4n) is 4.62. The molecule has 0 aromatic heterocycles. The molecule has 7 heteroatoms. The van der Waals surface area contributed by atoms with Crippen molar-refractivity contribution < 1.29 is 14.0 Å². The third kappa shape index (κ3) is 7.64. The van der Waals surface area contributed by atoms with Crippen LogP contribution in [-0.2, 0) is 29.1 Å². The van der Waals surface area contributed by atoms with Gasteiger partial charge in [-0.05, 0) is 36.6 Å². The Morgan fingerprint density at radius 3 is 2.38 bits per heavy atom. The summed E-state index contributed by atoms with van der Waals surface area (Å²) in [6.07, 6.45) is 7.15. The second kappa shape index (κ2) is 13.2. The lowest BCUT2D eigenvalue weighted by atomic mass is 9.84. The van der Waals surface area contributed by atoms with E-state index in [-0.39, 0.29) is 36.8 Å². The molecule has 0 aliphatic heterocycles. The van der Waals surface area contributed by atoms with Gasteiger partial charge < -0.3 is 21.7 Å². The molecule has 2 atom stereocenters. The number of likely N-dealkylation sites (N-methyl/N-ethyl adjacent to an activating group) is 1. The summed E-state index contributed by atoms with van der Waals surface area (Å²) >= 11 is 0. The van der Waals surface area contributed by atoms with E-state index in [9.17, 15) is 14.0 Å². The van der Waals surface area contributed by atoms with Crippen LogP contribution in [0.5, 0.6) is 0 Å². The Hall–Kier alpha value is -2.77. The highest BCUT2D eigenvalue weighted by Gasteiger charge is 2.27. The molecule has 1 fully saturated rings. The van der Waals surface area contributed by atoms with Crippen LogP contribution in [0.4, 0.5) is 4.39 Å². The maximum atomic E-state index is 14.1. The maximum absolute atomic E-state index is 14.1. The molecular formula is C27H37FN4O2. The molecule has 0 spiro atoms. The molecule has 1 unspecified atom stereocenters. The molecule has 6 nitrogen and oxygen atoms in total. The normalized spacial score (nSPS) is 16.0. The number of carbonyl (C=O) groups excluding carboxylic acids is 2. The first kappa shape index (κ1) is 25.8. The molecule has 2 amide bonds. The molecule has 2 aromatic carbocycles. The van der Waals surface area contributed by atoms with Crippen LogP contribution < -0.4 is 21.7 Å². The monoisotopic (exact) mass is 468 g/mol. The summed E-state index contributed by atoms with van der Waals surface area (Å²) in [6.45, 7) is 0.288. The van der Waals surface area contributed by atoms with Crippen LogP contribution in [0.15, 0.2) is 48.5 Å². The summed E-state index contributed by atoms with van der Waals surface area (Å²) in [5.74, 6) is -0.316. The van der Waals surface area contributed by atoms with Gasteiger partial charge in [-0.1, -0.05) is 74.6 Å². The second-order valence-electron chi connectivity index (χ2n) is 9.18. The van der Waals surface area contributed by atoms with Gasteiger partial charge in [0.05, 0.1) is 6.04 Å². The number of hydrogen-bond donors (Lipinski definition) is 4. The molecule has 1 saturated carbocycles. The average Bonchev–Trinajstić information content (AvgIpc) is 2.86. The van der Waals surface area contributed by atoms with Crippen LogP contribution in [0.3, 0.4) is 0 Å². The summed E-state index contributed by atoms with van der Waals surface area (Å²) in [5.41, 5.74) is 7.54. The standard InChI is InChI=1S/C27H37FN4O2/c1-30-24(15-19-8-4-2-5-9-19)27(34)32-25(16-20-10-6-3-7-11-20)26(33)31-18-21-12-13-22(17-29)23(28)14-21/h3,6-7,10-14,19,24-25,30H,2,4-5,8-9,15-18,29H2,1H3,(H,31,33)(H,32,34)/t24?,25-/m0/s1. The van der Waals surface area contributed by atoms with Crippen molar-refractivity contribution in [2.75, 3.05) is 7.05 Å². The van der Waals surface area contributed by atoms with Gasteiger partial charge in [-0.15, -0.1) is 0 Å². The molecule has 184 valence electrons. The number of rotatable bonds is 11. The van der Waals surface area contributed by atoms with Crippen LogP contribution in [0.25, 0.3) is 0 Å². The Labute approximate surface area is 201 Å². The van der Waals surface area contributed by atoms with Crippen molar-refractivity contribution >= 4 is 11.8 Å². The molecule has 2 aromatic rings. The van der Waals surface area contributed by atoms with E-state index in [1.807, 2.05) is 30.3 Å². The van der Waals surface area contributed by atoms with E-state index >= 15 is 0 Å². The lowest BCUT2D eigenvalue weighted by Gasteiger charge is -2.27. The zero-order valence-corrected chi connectivity index (χ0v) is 20.0. The van der Waals surface area contributed by atoms with Gasteiger partial charge in [0.15, 0.2) is 0 Å². The Kier molecular flexibility index (Phi) is 10.0. The number of amides is 2. The van der Waals surface area contributed by atoms with Gasteiger partial charge >= 0.3 is 0 Å². The van der Waals surface area contributed by atoms with E-state index in [0.717, 1.165) is 24.8 Å². The largest absolute Gasteiger partial charge is 0.350 e. The summed E-state index contributed by atoms with van der Waals surface area (Å²) in [4.78, 5) is 26.2. The van der Waals surface area contributed by atoms with Crippen LogP contribution in [-0.4, -0.2) is 30.9 Å². The number of halogens is 1. The molecule has 1 aliphatic rings. The molecular weight excluding hydrogens is 431 g/mol. The van der Waals surface area contributed by atoms with E-state index in [1.165, 1.54) is 25.3 Å². The molecule has 0 heterocycles. The van der Waals surface area contributed by atoms with Crippen LogP contribution in [0, 0.1) is 11.7 Å². The van der Waals surface area contributed by atoms with Gasteiger partial charge in [0.25, 0.3) is 0 Å². The highest BCUT2D eigenvalue weighted by Crippen LogP contribution is 2.27. The van der Waals surface area contributed by atoms with E-state index < -0.39 is 6.04 Å². The first-order chi connectivity index (χ1) is 16.5. The Morgan fingerprint density at radius 2 is 1.74 bits per heavy atom. The van der Waals surface area contributed by atoms with E-state index in [4.69, 9.17) is 5.73 Å². The highest BCUT2D eigenvalue weighted by atomic mass is 19.1. The predicted molar refractivity (Wildman–Crippen MR) is 132 cm³/mol. The van der Waals surface area contributed by atoms with Gasteiger partial charge in [-0.25, -0.2) is 4.39 Å². The minimum Gasteiger partial charge on any atom is -0.350 e. The molecule has 0 bridgehead atoms. The van der Waals surface area contributed by atoms with E-state index in [0.29, 0.717) is 23.5 Å². The summed E-state index contributed by atoms with van der Waals surface area (Å²) in [6, 6.07) is 13.3. The molecule has 0 radical (unpaired) electrons. The van der Waals surface area contributed by atoms with E-state index in [2.05, 4.69) is 16.0 Å². The molecule has 5 N–H and O–H groups in total. The van der Waals surface area contributed by atoms with Crippen LogP contribution >= 0.6 is 0 Å². The number of nitrogens with one attached hydrogen (secondary N) is 3. The van der Waals surface area contributed by atoms with Crippen LogP contribution in [0.2, 0.25) is 0 Å². The molecule has 1 aliphatic carbocycles. The van der Waals surface area contributed by atoms with Gasteiger partial charge in [0, 0.05) is 25.1 Å². The minimum absolute atomic E-state index is 0.122. The number of nitrogens with two attached hydrogens (primary N) is 1. The molecule has 3 rings (SSSR count). The summed E-state index contributed by atoms with van der Waals surface area (Å²) in [7, 11) is 1.79. The second-order valence-corrected chi connectivity index (χ2v) is 9.18. The van der Waals surface area contributed by atoms with Gasteiger partial charge in [0.2, 0.25) is 11.8 Å². The van der Waals surface area contributed by atoms with Crippen molar-refractivity contribution in [2.24, 2.45) is 11.7 Å². The molecule has 34 heavy (non-hydrogen) atoms. The SMILES string of the molecule is CNC(CC1CCCCC1)C(=O)N[C@@H](Cc1ccccc1)C(=O)NCc1ccc(CN)c(F)c1. The predicted octanol–water partition coefficient (Wildman–Crippen LogP) is 3.19. The smallest absolute Gasteiger partial charge is 0.243 e. The topological polar surface area (TPSA) is 96.2 Å². The van der Waals surface area contributed by atoms with Crippen molar-refractivity contribution in [3.05, 3.63) is 71.0 Å². The minimum atomic E-state index is -0.731. The van der Waals surface area contributed by atoms with Crippen molar-refractivity contribution in [1.82, 2.24) is 16.0 Å². The Bertz CT molecular complexity index is 931. The van der Waals surface area contributed by atoms with Crippen molar-refractivity contribution in [2.45, 2.75) is 70.1 Å². The fourth-order valence-corrected chi connectivity index (χ4v) is 4.62. The maximum Gasteiger partial charge on any atom is 0.243 e. The Balaban J connectivity index is 1.66. The Morgan fingerprint density at radius 1 is 1.00 bits per heavy atom. The van der Waals surface area contributed by atoms with Crippen molar-refractivity contribution in [1.29, 1.82) is 0 Å². The number of hydrogen-bond acceptors (Lipinski definition) is 4. The van der Waals surface area contributed by atoms with Crippen molar-refractivity contribution in [3.8, 4) is 0 Å².